The minimum atomic E-state index is -0.241. The number of para-hydroxylation sites is 1. The van der Waals surface area contributed by atoms with Crippen molar-refractivity contribution < 1.29 is 4.79 Å². The van der Waals surface area contributed by atoms with Gasteiger partial charge in [-0.2, -0.15) is 0 Å². The summed E-state index contributed by atoms with van der Waals surface area (Å²) in [7, 11) is 0. The Hall–Kier alpha value is -2.55. The van der Waals surface area contributed by atoms with Crippen LogP contribution in [0.1, 0.15) is 33.8 Å². The molecule has 3 aromatic carbocycles. The van der Waals surface area contributed by atoms with Gasteiger partial charge in [0.05, 0.1) is 0 Å². The van der Waals surface area contributed by atoms with E-state index in [2.05, 4.69) is 4.98 Å². The van der Waals surface area contributed by atoms with Gasteiger partial charge in [0, 0.05) is 45.0 Å². The van der Waals surface area contributed by atoms with Gasteiger partial charge in [0.25, 0.3) is 0 Å². The van der Waals surface area contributed by atoms with Crippen LogP contribution in [0.4, 0.5) is 0 Å². The molecule has 1 heterocycles. The Labute approximate surface area is 167 Å². The van der Waals surface area contributed by atoms with Gasteiger partial charge in [0.1, 0.15) is 0 Å². The third kappa shape index (κ3) is 3.51. The number of ketones is 1. The van der Waals surface area contributed by atoms with Gasteiger partial charge in [-0.3, -0.25) is 4.79 Å². The Bertz CT molecular complexity index is 1080. The van der Waals surface area contributed by atoms with E-state index in [1.54, 1.807) is 0 Å². The average Bonchev–Trinajstić information content (AvgIpc) is 3.11. The lowest BCUT2D eigenvalue weighted by atomic mass is 9.85. The first-order valence-corrected chi connectivity index (χ1v) is 9.49. The Morgan fingerprint density at radius 2 is 1.52 bits per heavy atom. The van der Waals surface area contributed by atoms with Crippen LogP contribution in [-0.4, -0.2) is 10.8 Å². The van der Waals surface area contributed by atoms with Crippen molar-refractivity contribution in [3.8, 4) is 0 Å². The number of hydrogen-bond acceptors (Lipinski definition) is 1. The molecular weight excluding hydrogens is 377 g/mol. The lowest BCUT2D eigenvalue weighted by Gasteiger charge is -2.19. The SMILES string of the molecule is O=C(CC(c1c(Cl)cccc1Cl)c1c[nH]c2ccccc12)c1ccccc1. The monoisotopic (exact) mass is 393 g/mol. The first-order valence-electron chi connectivity index (χ1n) is 8.73. The van der Waals surface area contributed by atoms with Crippen molar-refractivity contribution in [2.75, 3.05) is 0 Å². The minimum absolute atomic E-state index is 0.0573. The summed E-state index contributed by atoms with van der Waals surface area (Å²) in [5, 5.41) is 2.21. The zero-order valence-corrected chi connectivity index (χ0v) is 16.0. The number of aromatic amines is 1. The highest BCUT2D eigenvalue weighted by Gasteiger charge is 2.25. The molecule has 2 nitrogen and oxygen atoms in total. The number of aromatic nitrogens is 1. The van der Waals surface area contributed by atoms with Crippen LogP contribution >= 0.6 is 23.2 Å². The number of hydrogen-bond donors (Lipinski definition) is 1. The minimum Gasteiger partial charge on any atom is -0.361 e. The van der Waals surface area contributed by atoms with Crippen molar-refractivity contribution in [3.63, 3.8) is 0 Å². The second-order valence-electron chi connectivity index (χ2n) is 6.47. The van der Waals surface area contributed by atoms with Crippen molar-refractivity contribution in [3.05, 3.63) is 106 Å². The van der Waals surface area contributed by atoms with Crippen LogP contribution in [0.25, 0.3) is 10.9 Å². The van der Waals surface area contributed by atoms with Crippen LogP contribution in [0.15, 0.2) is 79.0 Å². The molecule has 134 valence electrons. The van der Waals surface area contributed by atoms with Crippen LogP contribution in [0.5, 0.6) is 0 Å². The van der Waals surface area contributed by atoms with Gasteiger partial charge >= 0.3 is 0 Å². The summed E-state index contributed by atoms with van der Waals surface area (Å²) in [6.45, 7) is 0. The smallest absolute Gasteiger partial charge is 0.163 e. The Kier molecular flexibility index (Phi) is 5.02. The summed E-state index contributed by atoms with van der Waals surface area (Å²) in [4.78, 5) is 16.3. The molecule has 4 rings (SSSR count). The number of rotatable bonds is 5. The lowest BCUT2D eigenvalue weighted by molar-refractivity contribution is 0.0978. The molecule has 0 radical (unpaired) electrons. The molecule has 0 aliphatic heterocycles. The van der Waals surface area contributed by atoms with Gasteiger partial charge in [0.2, 0.25) is 0 Å². The topological polar surface area (TPSA) is 32.9 Å². The van der Waals surface area contributed by atoms with E-state index in [1.165, 1.54) is 0 Å². The molecule has 0 fully saturated rings. The molecule has 0 bridgehead atoms. The van der Waals surface area contributed by atoms with Gasteiger partial charge in [-0.15, -0.1) is 0 Å². The molecule has 4 aromatic rings. The number of halogens is 2. The standard InChI is InChI=1S/C23H17Cl2NO/c24-19-10-6-11-20(25)23(19)17(13-22(27)15-7-2-1-3-8-15)18-14-26-21-12-5-4-9-16(18)21/h1-12,14,17,26H,13H2. The molecular formula is C23H17Cl2NO. The third-order valence-electron chi connectivity index (χ3n) is 4.83. The van der Waals surface area contributed by atoms with E-state index in [4.69, 9.17) is 23.2 Å². The summed E-state index contributed by atoms with van der Waals surface area (Å²) >= 11 is 13.0. The zero-order valence-electron chi connectivity index (χ0n) is 14.5. The maximum Gasteiger partial charge on any atom is 0.163 e. The molecule has 27 heavy (non-hydrogen) atoms. The van der Waals surface area contributed by atoms with E-state index in [9.17, 15) is 4.79 Å². The van der Waals surface area contributed by atoms with E-state index in [0.29, 0.717) is 15.6 Å². The van der Waals surface area contributed by atoms with Gasteiger partial charge in [-0.25, -0.2) is 0 Å². The molecule has 0 saturated heterocycles. The van der Waals surface area contributed by atoms with Crippen molar-refractivity contribution in [2.24, 2.45) is 0 Å². The van der Waals surface area contributed by atoms with Crippen LogP contribution in [-0.2, 0) is 0 Å². The van der Waals surface area contributed by atoms with Gasteiger partial charge in [-0.1, -0.05) is 77.8 Å². The predicted octanol–water partition coefficient (Wildman–Crippen LogP) is 6.88. The molecule has 1 atom stereocenters. The van der Waals surface area contributed by atoms with Crippen molar-refractivity contribution in [2.45, 2.75) is 12.3 Å². The van der Waals surface area contributed by atoms with Crippen molar-refractivity contribution >= 4 is 39.9 Å². The summed E-state index contributed by atoms with van der Waals surface area (Å²) in [5.74, 6) is -0.183. The molecule has 0 aliphatic rings. The summed E-state index contributed by atoms with van der Waals surface area (Å²) in [6.07, 6.45) is 2.24. The van der Waals surface area contributed by atoms with Crippen LogP contribution in [0.2, 0.25) is 10.0 Å². The normalized spacial score (nSPS) is 12.2. The molecule has 0 spiro atoms. The second kappa shape index (κ2) is 7.59. The van der Waals surface area contributed by atoms with Gasteiger partial charge in [0.15, 0.2) is 5.78 Å². The molecule has 1 unspecified atom stereocenters. The van der Waals surface area contributed by atoms with E-state index >= 15 is 0 Å². The summed E-state index contributed by atoms with van der Waals surface area (Å²) in [5.41, 5.74) is 3.51. The highest BCUT2D eigenvalue weighted by molar-refractivity contribution is 6.36. The van der Waals surface area contributed by atoms with Gasteiger partial charge < -0.3 is 4.98 Å². The number of carbonyl (C=O) groups excluding carboxylic acids is 1. The highest BCUT2D eigenvalue weighted by atomic mass is 35.5. The Morgan fingerprint density at radius 1 is 0.852 bits per heavy atom. The summed E-state index contributed by atoms with van der Waals surface area (Å²) < 4.78 is 0. The average molecular weight is 394 g/mol. The van der Waals surface area contributed by atoms with Crippen molar-refractivity contribution in [1.82, 2.24) is 4.98 Å². The number of carbonyl (C=O) groups is 1. The van der Waals surface area contributed by atoms with Crippen LogP contribution in [0.3, 0.4) is 0 Å². The number of nitrogens with one attached hydrogen (secondary N) is 1. The Morgan fingerprint density at radius 3 is 2.26 bits per heavy atom. The maximum atomic E-state index is 13.0. The second-order valence-corrected chi connectivity index (χ2v) is 7.29. The third-order valence-corrected chi connectivity index (χ3v) is 5.49. The fourth-order valence-corrected chi connectivity index (χ4v) is 4.18. The van der Waals surface area contributed by atoms with E-state index in [-0.39, 0.29) is 18.1 Å². The first-order chi connectivity index (χ1) is 13.1. The highest BCUT2D eigenvalue weighted by Crippen LogP contribution is 2.40. The number of H-pyrrole nitrogens is 1. The molecule has 0 amide bonds. The first kappa shape index (κ1) is 17.8. The number of Topliss-reactive ketones (excluding diaryl/α,β-unsaturated/α-hetero) is 1. The Balaban J connectivity index is 1.84. The molecule has 0 aliphatic carbocycles. The number of benzene rings is 3. The van der Waals surface area contributed by atoms with Crippen LogP contribution in [0, 0.1) is 0 Å². The van der Waals surface area contributed by atoms with Crippen LogP contribution < -0.4 is 0 Å². The van der Waals surface area contributed by atoms with Crippen molar-refractivity contribution in [1.29, 1.82) is 0 Å². The zero-order chi connectivity index (χ0) is 18.8. The number of fused-ring (bicyclic) bond motifs is 1. The fraction of sp³-hybridized carbons (Fsp3) is 0.0870. The predicted molar refractivity (Wildman–Crippen MR) is 112 cm³/mol. The molecule has 1 N–H and O–H groups in total. The maximum absolute atomic E-state index is 13.0. The summed E-state index contributed by atoms with van der Waals surface area (Å²) in [6, 6.07) is 22.8. The fourth-order valence-electron chi connectivity index (χ4n) is 3.52. The molecule has 1 aromatic heterocycles. The molecule has 0 saturated carbocycles. The van der Waals surface area contributed by atoms with E-state index in [1.807, 2.05) is 79.0 Å². The quantitative estimate of drug-likeness (QED) is 0.368. The van der Waals surface area contributed by atoms with E-state index in [0.717, 1.165) is 22.0 Å². The van der Waals surface area contributed by atoms with E-state index < -0.39 is 0 Å². The van der Waals surface area contributed by atoms with Gasteiger partial charge in [-0.05, 0) is 29.3 Å². The molecule has 4 heteroatoms. The lowest BCUT2D eigenvalue weighted by Crippen LogP contribution is -2.10. The largest absolute Gasteiger partial charge is 0.361 e.